The maximum absolute atomic E-state index is 12.8. The van der Waals surface area contributed by atoms with Crippen LogP contribution in [0.4, 0.5) is 10.1 Å². The maximum atomic E-state index is 12.8. The van der Waals surface area contributed by atoms with Crippen molar-refractivity contribution < 1.29 is 9.13 Å². The largest absolute Gasteiger partial charge is 0.493 e. The minimum atomic E-state index is -0.236. The molecule has 2 aromatic rings. The van der Waals surface area contributed by atoms with E-state index in [1.54, 1.807) is 12.1 Å². The fourth-order valence-electron chi connectivity index (χ4n) is 2.37. The van der Waals surface area contributed by atoms with Gasteiger partial charge < -0.3 is 10.1 Å². The molecule has 0 saturated carbocycles. The van der Waals surface area contributed by atoms with E-state index in [0.717, 1.165) is 18.7 Å². The zero-order valence-corrected chi connectivity index (χ0v) is 10.6. The average molecular weight is 257 g/mol. The summed E-state index contributed by atoms with van der Waals surface area (Å²) in [6, 6.07) is 14.5. The van der Waals surface area contributed by atoms with Crippen LogP contribution in [0.1, 0.15) is 5.56 Å². The van der Waals surface area contributed by atoms with Gasteiger partial charge in [0, 0.05) is 18.2 Å². The van der Waals surface area contributed by atoms with Gasteiger partial charge >= 0.3 is 0 Å². The molecule has 1 aliphatic heterocycles. The number of benzene rings is 2. The first kappa shape index (κ1) is 12.0. The number of hydrogen-bond acceptors (Lipinski definition) is 2. The predicted octanol–water partition coefficient (Wildman–Crippen LogP) is 3.49. The second-order valence-electron chi connectivity index (χ2n) is 4.87. The molecule has 2 nitrogen and oxygen atoms in total. The van der Waals surface area contributed by atoms with Gasteiger partial charge in [0.1, 0.15) is 11.6 Å². The summed E-state index contributed by atoms with van der Waals surface area (Å²) in [6.45, 7) is 1.56. The van der Waals surface area contributed by atoms with Crippen molar-refractivity contribution in [3.05, 3.63) is 59.9 Å². The Morgan fingerprint density at radius 3 is 2.74 bits per heavy atom. The van der Waals surface area contributed by atoms with E-state index in [2.05, 4.69) is 23.5 Å². The van der Waals surface area contributed by atoms with Crippen molar-refractivity contribution in [1.29, 1.82) is 0 Å². The van der Waals surface area contributed by atoms with Gasteiger partial charge in [-0.15, -0.1) is 0 Å². The Labute approximate surface area is 112 Å². The molecular weight excluding hydrogens is 241 g/mol. The topological polar surface area (TPSA) is 21.3 Å². The van der Waals surface area contributed by atoms with Gasteiger partial charge in [0.2, 0.25) is 0 Å². The Morgan fingerprint density at radius 1 is 1.11 bits per heavy atom. The Hall–Kier alpha value is -2.03. The quantitative estimate of drug-likeness (QED) is 0.908. The van der Waals surface area contributed by atoms with Crippen LogP contribution in [-0.4, -0.2) is 13.2 Å². The zero-order chi connectivity index (χ0) is 13.1. The molecule has 0 bridgehead atoms. The van der Waals surface area contributed by atoms with E-state index in [1.165, 1.54) is 23.4 Å². The van der Waals surface area contributed by atoms with Crippen molar-refractivity contribution in [1.82, 2.24) is 0 Å². The van der Waals surface area contributed by atoms with E-state index in [9.17, 15) is 4.39 Å². The number of para-hydroxylation sites is 1. The molecule has 98 valence electrons. The van der Waals surface area contributed by atoms with Crippen LogP contribution in [0.15, 0.2) is 48.5 Å². The lowest BCUT2D eigenvalue weighted by atomic mass is 9.95. The smallest absolute Gasteiger partial charge is 0.123 e. The van der Waals surface area contributed by atoms with Gasteiger partial charge in [-0.1, -0.05) is 18.2 Å². The van der Waals surface area contributed by atoms with E-state index < -0.39 is 0 Å². The van der Waals surface area contributed by atoms with Crippen molar-refractivity contribution in [3.63, 3.8) is 0 Å². The van der Waals surface area contributed by atoms with Crippen molar-refractivity contribution in [2.75, 3.05) is 18.5 Å². The first-order chi connectivity index (χ1) is 9.31. The van der Waals surface area contributed by atoms with Crippen molar-refractivity contribution in [2.45, 2.75) is 6.42 Å². The van der Waals surface area contributed by atoms with Crippen LogP contribution in [-0.2, 0) is 6.42 Å². The molecule has 0 aliphatic carbocycles. The molecule has 0 spiro atoms. The summed E-state index contributed by atoms with van der Waals surface area (Å²) in [5.41, 5.74) is 2.56. The van der Waals surface area contributed by atoms with E-state index in [-0.39, 0.29) is 5.82 Å². The van der Waals surface area contributed by atoms with Gasteiger partial charge in [0.15, 0.2) is 0 Å². The fourth-order valence-corrected chi connectivity index (χ4v) is 2.37. The van der Waals surface area contributed by atoms with Crippen LogP contribution in [0, 0.1) is 11.7 Å². The van der Waals surface area contributed by atoms with E-state index in [0.29, 0.717) is 12.5 Å². The van der Waals surface area contributed by atoms with E-state index in [1.807, 2.05) is 6.07 Å². The summed E-state index contributed by atoms with van der Waals surface area (Å²) < 4.78 is 18.5. The van der Waals surface area contributed by atoms with Gasteiger partial charge in [-0.25, -0.2) is 4.39 Å². The van der Waals surface area contributed by atoms with E-state index >= 15 is 0 Å². The first-order valence-electron chi connectivity index (χ1n) is 6.51. The molecule has 1 unspecified atom stereocenters. The molecule has 2 aromatic carbocycles. The van der Waals surface area contributed by atoms with Crippen molar-refractivity contribution in [2.24, 2.45) is 5.92 Å². The SMILES string of the molecule is Fc1ccc(OCC2CNc3ccccc3C2)cc1. The predicted molar refractivity (Wildman–Crippen MR) is 74.0 cm³/mol. The lowest BCUT2D eigenvalue weighted by Crippen LogP contribution is -2.27. The van der Waals surface area contributed by atoms with Gasteiger partial charge in [-0.3, -0.25) is 0 Å². The molecule has 1 N–H and O–H groups in total. The van der Waals surface area contributed by atoms with Gasteiger partial charge in [-0.2, -0.15) is 0 Å². The summed E-state index contributed by atoms with van der Waals surface area (Å²) in [7, 11) is 0. The van der Waals surface area contributed by atoms with Gasteiger partial charge in [-0.05, 0) is 42.3 Å². The number of nitrogens with one attached hydrogen (secondary N) is 1. The molecule has 0 aromatic heterocycles. The van der Waals surface area contributed by atoms with Crippen molar-refractivity contribution in [3.8, 4) is 5.75 Å². The molecule has 19 heavy (non-hydrogen) atoms. The fraction of sp³-hybridized carbons (Fsp3) is 0.250. The molecule has 3 heteroatoms. The molecule has 0 saturated heterocycles. The third kappa shape index (κ3) is 2.87. The Bertz CT molecular complexity index is 553. The minimum Gasteiger partial charge on any atom is -0.493 e. The molecule has 1 aliphatic rings. The highest BCUT2D eigenvalue weighted by molar-refractivity contribution is 5.53. The number of hydrogen-bond donors (Lipinski definition) is 1. The van der Waals surface area contributed by atoms with Crippen LogP contribution < -0.4 is 10.1 Å². The molecule has 0 amide bonds. The lowest BCUT2D eigenvalue weighted by Gasteiger charge is -2.26. The molecule has 1 heterocycles. The second-order valence-corrected chi connectivity index (χ2v) is 4.87. The third-order valence-corrected chi connectivity index (χ3v) is 3.41. The standard InChI is InChI=1S/C16H16FNO/c17-14-5-7-15(8-6-14)19-11-12-9-13-3-1-2-4-16(13)18-10-12/h1-8,12,18H,9-11H2. The highest BCUT2D eigenvalue weighted by Crippen LogP contribution is 2.24. The van der Waals surface area contributed by atoms with Crippen LogP contribution in [0.25, 0.3) is 0 Å². The Morgan fingerprint density at radius 2 is 1.89 bits per heavy atom. The number of halogens is 1. The molecule has 0 radical (unpaired) electrons. The monoisotopic (exact) mass is 257 g/mol. The second kappa shape index (κ2) is 5.31. The normalized spacial score (nSPS) is 17.4. The summed E-state index contributed by atoms with van der Waals surface area (Å²) in [6.07, 6.45) is 1.02. The van der Waals surface area contributed by atoms with Crippen LogP contribution in [0.3, 0.4) is 0 Å². The maximum Gasteiger partial charge on any atom is 0.123 e. The first-order valence-corrected chi connectivity index (χ1v) is 6.51. The highest BCUT2D eigenvalue weighted by Gasteiger charge is 2.18. The molecule has 1 atom stereocenters. The average Bonchev–Trinajstić information content (AvgIpc) is 2.46. The number of fused-ring (bicyclic) bond motifs is 1. The third-order valence-electron chi connectivity index (χ3n) is 3.41. The summed E-state index contributed by atoms with van der Waals surface area (Å²) >= 11 is 0. The van der Waals surface area contributed by atoms with Crippen LogP contribution in [0.2, 0.25) is 0 Å². The molecule has 3 rings (SSSR count). The lowest BCUT2D eigenvalue weighted by molar-refractivity contribution is 0.252. The number of rotatable bonds is 3. The Kier molecular flexibility index (Phi) is 3.36. The summed E-state index contributed by atoms with van der Waals surface area (Å²) in [4.78, 5) is 0. The minimum absolute atomic E-state index is 0.236. The summed E-state index contributed by atoms with van der Waals surface area (Å²) in [5, 5.41) is 3.42. The highest BCUT2D eigenvalue weighted by atomic mass is 19.1. The molecular formula is C16H16FNO. The van der Waals surface area contributed by atoms with Crippen LogP contribution in [0.5, 0.6) is 5.75 Å². The zero-order valence-electron chi connectivity index (χ0n) is 10.6. The number of ether oxygens (including phenoxy) is 1. The van der Waals surface area contributed by atoms with Gasteiger partial charge in [0.25, 0.3) is 0 Å². The molecule has 0 fully saturated rings. The van der Waals surface area contributed by atoms with E-state index in [4.69, 9.17) is 4.74 Å². The van der Waals surface area contributed by atoms with Gasteiger partial charge in [0.05, 0.1) is 6.61 Å². The van der Waals surface area contributed by atoms with Crippen LogP contribution >= 0.6 is 0 Å². The van der Waals surface area contributed by atoms with Crippen molar-refractivity contribution >= 4 is 5.69 Å². The summed E-state index contributed by atoms with van der Waals surface area (Å²) in [5.74, 6) is 0.931. The Balaban J connectivity index is 1.59. The number of anilines is 1.